The molecule has 0 spiro atoms. The largest absolute Gasteiger partial charge is 0.339 e. The molecule has 1 saturated heterocycles. The first-order valence-corrected chi connectivity index (χ1v) is 6.95. The third kappa shape index (κ3) is 3.23. The third-order valence-electron chi connectivity index (χ3n) is 4.13. The van der Waals surface area contributed by atoms with Crippen LogP contribution in [0.5, 0.6) is 0 Å². The summed E-state index contributed by atoms with van der Waals surface area (Å²) < 4.78 is 5.36. The fourth-order valence-electron chi connectivity index (χ4n) is 3.01. The zero-order valence-electron chi connectivity index (χ0n) is 10.7. The van der Waals surface area contributed by atoms with Crippen molar-refractivity contribution in [3.8, 4) is 0 Å². The quantitative estimate of drug-likeness (QED) is 0.915. The number of aromatic nitrogens is 2. The molecule has 1 aliphatic carbocycles. The van der Waals surface area contributed by atoms with E-state index in [1.54, 1.807) is 0 Å². The van der Waals surface area contributed by atoms with Gasteiger partial charge in [0.2, 0.25) is 5.89 Å². The fraction of sp³-hybridized carbons (Fsp3) is 0.846. The lowest BCUT2D eigenvalue weighted by Gasteiger charge is -2.04. The lowest BCUT2D eigenvalue weighted by molar-refractivity contribution is 0.357. The van der Waals surface area contributed by atoms with Gasteiger partial charge in [0.25, 0.3) is 0 Å². The Balaban J connectivity index is 0.00000120. The number of hydrogen-bond donors (Lipinski definition) is 1. The zero-order valence-corrected chi connectivity index (χ0v) is 11.5. The Hall–Kier alpha value is -0.610. The summed E-state index contributed by atoms with van der Waals surface area (Å²) in [7, 11) is 0. The Bertz CT molecular complexity index is 357. The third-order valence-corrected chi connectivity index (χ3v) is 4.13. The number of nitrogens with zero attached hydrogens (tertiary/aromatic N) is 2. The van der Waals surface area contributed by atoms with Crippen molar-refractivity contribution in [2.75, 3.05) is 13.1 Å². The van der Waals surface area contributed by atoms with Gasteiger partial charge in [-0.25, -0.2) is 0 Å². The zero-order chi connectivity index (χ0) is 11.5. The van der Waals surface area contributed by atoms with Crippen LogP contribution in [0.3, 0.4) is 0 Å². The van der Waals surface area contributed by atoms with Crippen LogP contribution in [0.25, 0.3) is 0 Å². The molecule has 3 rings (SSSR count). The summed E-state index contributed by atoms with van der Waals surface area (Å²) >= 11 is 0. The summed E-state index contributed by atoms with van der Waals surface area (Å²) in [5.74, 6) is 3.18. The summed E-state index contributed by atoms with van der Waals surface area (Å²) in [4.78, 5) is 4.56. The van der Waals surface area contributed by atoms with Crippen LogP contribution in [0.4, 0.5) is 0 Å². The molecule has 2 aliphatic rings. The van der Waals surface area contributed by atoms with Crippen molar-refractivity contribution in [2.24, 2.45) is 5.92 Å². The second kappa shape index (κ2) is 6.53. The Kier molecular flexibility index (Phi) is 5.01. The molecule has 18 heavy (non-hydrogen) atoms. The van der Waals surface area contributed by atoms with Crippen molar-refractivity contribution >= 4 is 12.4 Å². The topological polar surface area (TPSA) is 51.0 Å². The minimum atomic E-state index is 0. The summed E-state index contributed by atoms with van der Waals surface area (Å²) in [5, 5.41) is 7.53. The number of halogens is 1. The molecule has 4 nitrogen and oxygen atoms in total. The van der Waals surface area contributed by atoms with E-state index in [1.807, 2.05) is 0 Å². The summed E-state index contributed by atoms with van der Waals surface area (Å²) in [6, 6.07) is 0. The molecule has 102 valence electrons. The summed E-state index contributed by atoms with van der Waals surface area (Å²) in [5.41, 5.74) is 0. The smallest absolute Gasteiger partial charge is 0.226 e. The van der Waals surface area contributed by atoms with Crippen molar-refractivity contribution < 1.29 is 4.52 Å². The molecule has 2 fully saturated rings. The summed E-state index contributed by atoms with van der Waals surface area (Å²) in [6.45, 7) is 2.32. The minimum absolute atomic E-state index is 0. The molecule has 0 radical (unpaired) electrons. The molecule has 0 aromatic carbocycles. The highest BCUT2D eigenvalue weighted by Crippen LogP contribution is 2.32. The van der Waals surface area contributed by atoms with E-state index >= 15 is 0 Å². The van der Waals surface area contributed by atoms with Gasteiger partial charge in [-0.3, -0.25) is 0 Å². The number of rotatable bonds is 4. The van der Waals surface area contributed by atoms with E-state index < -0.39 is 0 Å². The van der Waals surface area contributed by atoms with Crippen molar-refractivity contribution in [3.05, 3.63) is 11.7 Å². The normalized spacial score (nSPS) is 24.3. The Morgan fingerprint density at radius 2 is 2.06 bits per heavy atom. The average molecular weight is 272 g/mol. The van der Waals surface area contributed by atoms with Crippen LogP contribution in [0, 0.1) is 5.92 Å². The molecule has 0 amide bonds. The molecule has 1 N–H and O–H groups in total. The summed E-state index contributed by atoms with van der Waals surface area (Å²) in [6.07, 6.45) is 8.55. The minimum Gasteiger partial charge on any atom is -0.339 e. The van der Waals surface area contributed by atoms with Gasteiger partial charge in [0.1, 0.15) is 0 Å². The van der Waals surface area contributed by atoms with E-state index in [2.05, 4.69) is 15.5 Å². The maximum absolute atomic E-state index is 5.36. The van der Waals surface area contributed by atoms with E-state index in [0.29, 0.717) is 5.92 Å². The molecule has 1 aromatic heterocycles. The van der Waals surface area contributed by atoms with Crippen LogP contribution in [-0.4, -0.2) is 23.2 Å². The van der Waals surface area contributed by atoms with Gasteiger partial charge in [0, 0.05) is 12.3 Å². The Morgan fingerprint density at radius 1 is 1.22 bits per heavy atom. The van der Waals surface area contributed by atoms with Crippen molar-refractivity contribution in [1.82, 2.24) is 15.5 Å². The van der Waals surface area contributed by atoms with Crippen LogP contribution in [0.1, 0.15) is 56.2 Å². The maximum atomic E-state index is 5.36. The number of hydrogen-bond acceptors (Lipinski definition) is 4. The van der Waals surface area contributed by atoms with Crippen LogP contribution < -0.4 is 5.32 Å². The molecule has 1 aliphatic heterocycles. The standard InChI is InChI=1S/C13H21N3O.ClH/c1-2-4-11(3-1)13-15-12(17-16-13)6-5-10-7-8-14-9-10;/h10-11,14H,1-9H2;1H. The Morgan fingerprint density at radius 3 is 2.78 bits per heavy atom. The fourth-order valence-corrected chi connectivity index (χ4v) is 3.01. The molecule has 1 atom stereocenters. The van der Waals surface area contributed by atoms with Crippen molar-refractivity contribution in [2.45, 2.75) is 50.9 Å². The highest BCUT2D eigenvalue weighted by molar-refractivity contribution is 5.85. The van der Waals surface area contributed by atoms with Gasteiger partial charge in [-0.05, 0) is 44.7 Å². The molecular formula is C13H22ClN3O. The highest BCUT2D eigenvalue weighted by atomic mass is 35.5. The van der Waals surface area contributed by atoms with Crippen LogP contribution >= 0.6 is 12.4 Å². The molecular weight excluding hydrogens is 250 g/mol. The second-order valence-electron chi connectivity index (χ2n) is 5.43. The van der Waals surface area contributed by atoms with Crippen LogP contribution in [0.15, 0.2) is 4.52 Å². The van der Waals surface area contributed by atoms with Gasteiger partial charge in [-0.15, -0.1) is 12.4 Å². The maximum Gasteiger partial charge on any atom is 0.226 e. The molecule has 0 bridgehead atoms. The number of nitrogens with one attached hydrogen (secondary N) is 1. The van der Waals surface area contributed by atoms with E-state index in [1.165, 1.54) is 45.1 Å². The van der Waals surface area contributed by atoms with Crippen molar-refractivity contribution in [3.63, 3.8) is 0 Å². The van der Waals surface area contributed by atoms with E-state index in [-0.39, 0.29) is 12.4 Å². The second-order valence-corrected chi connectivity index (χ2v) is 5.43. The first-order valence-electron chi connectivity index (χ1n) is 6.95. The van der Waals surface area contributed by atoms with Crippen molar-refractivity contribution in [1.29, 1.82) is 0 Å². The SMILES string of the molecule is C1CCC(c2noc(CCC3CCNC3)n2)C1.Cl. The van der Waals surface area contributed by atoms with E-state index in [9.17, 15) is 0 Å². The van der Waals surface area contributed by atoms with Crippen LogP contribution in [-0.2, 0) is 6.42 Å². The van der Waals surface area contributed by atoms with Gasteiger partial charge in [0.05, 0.1) is 0 Å². The molecule has 1 aromatic rings. The van der Waals surface area contributed by atoms with E-state index in [4.69, 9.17) is 4.52 Å². The predicted octanol–water partition coefficient (Wildman–Crippen LogP) is 2.69. The first-order chi connectivity index (χ1) is 8.42. The van der Waals surface area contributed by atoms with Crippen LogP contribution in [0.2, 0.25) is 0 Å². The monoisotopic (exact) mass is 271 g/mol. The highest BCUT2D eigenvalue weighted by Gasteiger charge is 2.22. The lowest BCUT2D eigenvalue weighted by Crippen LogP contribution is -2.09. The van der Waals surface area contributed by atoms with Gasteiger partial charge >= 0.3 is 0 Å². The molecule has 1 saturated carbocycles. The van der Waals surface area contributed by atoms with Gasteiger partial charge in [-0.2, -0.15) is 4.98 Å². The molecule has 5 heteroatoms. The molecule has 2 heterocycles. The first kappa shape index (κ1) is 13.8. The van der Waals surface area contributed by atoms with E-state index in [0.717, 1.165) is 30.6 Å². The number of aryl methyl sites for hydroxylation is 1. The van der Waals surface area contributed by atoms with Gasteiger partial charge in [0.15, 0.2) is 5.82 Å². The van der Waals surface area contributed by atoms with Gasteiger partial charge < -0.3 is 9.84 Å². The molecule has 1 unspecified atom stereocenters. The predicted molar refractivity (Wildman–Crippen MR) is 72.1 cm³/mol. The average Bonchev–Trinajstić information content (AvgIpc) is 3.09. The lowest BCUT2D eigenvalue weighted by atomic mass is 10.0. The Labute approximate surface area is 114 Å². The van der Waals surface area contributed by atoms with Gasteiger partial charge in [-0.1, -0.05) is 18.0 Å².